The summed E-state index contributed by atoms with van der Waals surface area (Å²) in [5.41, 5.74) is 0. The lowest BCUT2D eigenvalue weighted by Gasteiger charge is -2.13. The van der Waals surface area contributed by atoms with Gasteiger partial charge in [0.2, 0.25) is 0 Å². The van der Waals surface area contributed by atoms with Crippen molar-refractivity contribution in [3.63, 3.8) is 0 Å². The molecule has 5 heteroatoms. The van der Waals surface area contributed by atoms with Crippen LogP contribution in [0, 0.1) is 5.92 Å². The van der Waals surface area contributed by atoms with Gasteiger partial charge in [-0.2, -0.15) is 0 Å². The highest BCUT2D eigenvalue weighted by Crippen LogP contribution is 2.37. The van der Waals surface area contributed by atoms with Crippen LogP contribution in [0.25, 0.3) is 0 Å². The summed E-state index contributed by atoms with van der Waals surface area (Å²) in [6.45, 7) is 3.69. The first-order valence-electron chi connectivity index (χ1n) is 3.63. The summed E-state index contributed by atoms with van der Waals surface area (Å²) < 4.78 is 14.8. The molecular weight excluding hydrogens is 179 g/mol. The van der Waals surface area contributed by atoms with E-state index in [4.69, 9.17) is 13.6 Å². The normalized spacial score (nSPS) is 13.4. The Morgan fingerprint density at radius 2 is 1.92 bits per heavy atom. The van der Waals surface area contributed by atoms with E-state index in [2.05, 4.69) is 0 Å². The number of ketones is 1. The van der Waals surface area contributed by atoms with Crippen molar-refractivity contribution in [2.45, 2.75) is 13.8 Å². The van der Waals surface area contributed by atoms with E-state index in [1.54, 1.807) is 6.92 Å². The maximum atomic E-state index is 10.8. The molecule has 0 N–H and O–H groups in total. The van der Waals surface area contributed by atoms with Crippen molar-refractivity contribution in [1.82, 2.24) is 0 Å². The summed E-state index contributed by atoms with van der Waals surface area (Å²) in [6.07, 6.45) is 0. The van der Waals surface area contributed by atoms with Crippen LogP contribution in [0.2, 0.25) is 0 Å². The number of rotatable bonds is 6. The van der Waals surface area contributed by atoms with Crippen molar-refractivity contribution >= 4 is 14.4 Å². The number of carbonyl (C=O) groups excluding carboxylic acids is 1. The van der Waals surface area contributed by atoms with Gasteiger partial charge in [-0.25, -0.2) is 0 Å². The molecule has 0 aliphatic rings. The van der Waals surface area contributed by atoms with Gasteiger partial charge in [-0.3, -0.25) is 4.79 Å². The first kappa shape index (κ1) is 12.0. The highest BCUT2D eigenvalue weighted by Gasteiger charge is 2.13. The summed E-state index contributed by atoms with van der Waals surface area (Å²) in [4.78, 5) is 10.8. The van der Waals surface area contributed by atoms with Crippen LogP contribution in [0.15, 0.2) is 0 Å². The van der Waals surface area contributed by atoms with Crippen LogP contribution in [-0.2, 0) is 18.4 Å². The summed E-state index contributed by atoms with van der Waals surface area (Å²) in [5.74, 6) is 0.0115. The van der Waals surface area contributed by atoms with Gasteiger partial charge < -0.3 is 13.6 Å². The summed E-state index contributed by atoms with van der Waals surface area (Å²) in [5, 5.41) is 0. The lowest BCUT2D eigenvalue weighted by atomic mass is 10.1. The maximum Gasteiger partial charge on any atom is 0.332 e. The van der Waals surface area contributed by atoms with Crippen LogP contribution < -0.4 is 0 Å². The minimum Gasteiger partial charge on any atom is -0.316 e. The van der Waals surface area contributed by atoms with Crippen LogP contribution in [0.4, 0.5) is 0 Å². The monoisotopic (exact) mass is 194 g/mol. The average molecular weight is 194 g/mol. The molecule has 0 fully saturated rings. The lowest BCUT2D eigenvalue weighted by Crippen LogP contribution is -2.12. The van der Waals surface area contributed by atoms with E-state index in [0.717, 1.165) is 0 Å². The molecule has 0 heterocycles. The van der Waals surface area contributed by atoms with Gasteiger partial charge in [0.05, 0.1) is 6.61 Å². The largest absolute Gasteiger partial charge is 0.332 e. The standard InChI is InChI=1S/C7H15O4P/c1-6(7(2)8)5-11-12(9-3)10-4/h6H,5H2,1-4H3. The van der Waals surface area contributed by atoms with Crippen LogP contribution in [0.1, 0.15) is 13.8 Å². The number of hydrogen-bond donors (Lipinski definition) is 0. The highest BCUT2D eigenvalue weighted by molar-refractivity contribution is 7.41. The molecule has 0 bridgehead atoms. The van der Waals surface area contributed by atoms with E-state index in [9.17, 15) is 4.79 Å². The molecule has 0 saturated carbocycles. The minimum absolute atomic E-state index is 0.0969. The topological polar surface area (TPSA) is 44.8 Å². The van der Waals surface area contributed by atoms with Crippen molar-refractivity contribution in [2.24, 2.45) is 5.92 Å². The molecule has 0 amide bonds. The third-order valence-electron chi connectivity index (χ3n) is 1.42. The van der Waals surface area contributed by atoms with Crippen molar-refractivity contribution in [3.8, 4) is 0 Å². The molecule has 0 spiro atoms. The Morgan fingerprint density at radius 3 is 2.25 bits per heavy atom. The van der Waals surface area contributed by atoms with E-state index in [1.165, 1.54) is 21.1 Å². The van der Waals surface area contributed by atoms with Crippen molar-refractivity contribution in [2.75, 3.05) is 20.8 Å². The molecule has 0 saturated heterocycles. The zero-order chi connectivity index (χ0) is 9.56. The SMILES string of the molecule is COP(OC)OCC(C)C(C)=O. The first-order chi connectivity index (χ1) is 5.61. The molecule has 1 atom stereocenters. The summed E-state index contributed by atoms with van der Waals surface area (Å²) >= 11 is 0. The number of Topliss-reactive ketones (excluding diaryl/α,β-unsaturated/α-hetero) is 1. The minimum atomic E-state index is -1.27. The van der Waals surface area contributed by atoms with Crippen molar-refractivity contribution in [1.29, 1.82) is 0 Å². The van der Waals surface area contributed by atoms with E-state index >= 15 is 0 Å². The summed E-state index contributed by atoms with van der Waals surface area (Å²) in [7, 11) is 1.75. The van der Waals surface area contributed by atoms with Crippen molar-refractivity contribution in [3.05, 3.63) is 0 Å². The second kappa shape index (κ2) is 6.49. The second-order valence-corrected chi connectivity index (χ2v) is 3.83. The molecule has 0 aliphatic carbocycles. The van der Waals surface area contributed by atoms with Crippen LogP contribution in [0.3, 0.4) is 0 Å². The zero-order valence-corrected chi connectivity index (χ0v) is 8.76. The van der Waals surface area contributed by atoms with Gasteiger partial charge in [-0.15, -0.1) is 0 Å². The van der Waals surface area contributed by atoms with Gasteiger partial charge >= 0.3 is 8.60 Å². The molecular formula is C7H15O4P. The Labute approximate surface area is 74.2 Å². The highest BCUT2D eigenvalue weighted by atomic mass is 31.2. The average Bonchev–Trinajstić information content (AvgIpc) is 2.05. The molecule has 0 aromatic rings. The fourth-order valence-corrected chi connectivity index (χ4v) is 1.18. The Morgan fingerprint density at radius 1 is 1.42 bits per heavy atom. The van der Waals surface area contributed by atoms with Gasteiger partial charge in [0.25, 0.3) is 0 Å². The molecule has 0 radical (unpaired) electrons. The van der Waals surface area contributed by atoms with E-state index in [-0.39, 0.29) is 11.7 Å². The number of hydrogen-bond acceptors (Lipinski definition) is 4. The number of carbonyl (C=O) groups is 1. The van der Waals surface area contributed by atoms with E-state index < -0.39 is 8.60 Å². The van der Waals surface area contributed by atoms with Crippen LogP contribution >= 0.6 is 8.60 Å². The third kappa shape index (κ3) is 4.78. The molecule has 0 aromatic heterocycles. The third-order valence-corrected chi connectivity index (χ3v) is 2.38. The molecule has 0 aromatic carbocycles. The van der Waals surface area contributed by atoms with Gasteiger partial charge in [0, 0.05) is 20.1 Å². The van der Waals surface area contributed by atoms with Gasteiger partial charge in [0.15, 0.2) is 0 Å². The van der Waals surface area contributed by atoms with Gasteiger partial charge in [0.1, 0.15) is 5.78 Å². The second-order valence-electron chi connectivity index (χ2n) is 2.40. The molecule has 4 nitrogen and oxygen atoms in total. The Balaban J connectivity index is 3.58. The van der Waals surface area contributed by atoms with Gasteiger partial charge in [-0.1, -0.05) is 6.92 Å². The molecule has 1 unspecified atom stereocenters. The predicted octanol–water partition coefficient (Wildman–Crippen LogP) is 1.75. The fraction of sp³-hybridized carbons (Fsp3) is 0.857. The first-order valence-corrected chi connectivity index (χ1v) is 4.73. The predicted molar refractivity (Wildman–Crippen MR) is 46.7 cm³/mol. The Kier molecular flexibility index (Phi) is 6.48. The van der Waals surface area contributed by atoms with Gasteiger partial charge in [-0.05, 0) is 6.92 Å². The summed E-state index contributed by atoms with van der Waals surface area (Å²) in [6, 6.07) is 0. The molecule has 12 heavy (non-hydrogen) atoms. The van der Waals surface area contributed by atoms with Crippen molar-refractivity contribution < 1.29 is 18.4 Å². The van der Waals surface area contributed by atoms with Crippen LogP contribution in [0.5, 0.6) is 0 Å². The van der Waals surface area contributed by atoms with E-state index in [1.807, 2.05) is 0 Å². The zero-order valence-electron chi connectivity index (χ0n) is 7.86. The maximum absolute atomic E-state index is 10.8. The smallest absolute Gasteiger partial charge is 0.316 e. The quantitative estimate of drug-likeness (QED) is 0.604. The molecule has 0 aliphatic heterocycles. The molecule has 72 valence electrons. The van der Waals surface area contributed by atoms with Crippen LogP contribution in [-0.4, -0.2) is 26.6 Å². The lowest BCUT2D eigenvalue weighted by molar-refractivity contribution is -0.121. The fourth-order valence-electron chi connectivity index (χ4n) is 0.470. The molecule has 0 rings (SSSR count). The Hall–Kier alpha value is -0.0200. The van der Waals surface area contributed by atoms with E-state index in [0.29, 0.717) is 6.61 Å². The Bertz CT molecular complexity index is 135.